The predicted octanol–water partition coefficient (Wildman–Crippen LogP) is -0.459. The molecule has 0 aromatic carbocycles. The molecule has 5 nitrogen and oxygen atoms in total. The molecule has 62 valence electrons. The van der Waals surface area contributed by atoms with Crippen molar-refractivity contribution in [1.29, 1.82) is 0 Å². The van der Waals surface area contributed by atoms with Gasteiger partial charge in [-0.3, -0.25) is 4.18 Å². The van der Waals surface area contributed by atoms with Gasteiger partial charge in [-0.15, -0.1) is 0 Å². The number of rotatable bonds is 5. The molecule has 0 spiro atoms. The van der Waals surface area contributed by atoms with Crippen LogP contribution in [0.15, 0.2) is 0 Å². The molecule has 0 rings (SSSR count). The minimum absolute atomic E-state index is 0.0212. The molecule has 0 bridgehead atoms. The van der Waals surface area contributed by atoms with Gasteiger partial charge in [0.1, 0.15) is 0 Å². The van der Waals surface area contributed by atoms with Crippen LogP contribution in [0.5, 0.6) is 0 Å². The summed E-state index contributed by atoms with van der Waals surface area (Å²) in [6.07, 6.45) is 0. The average Bonchev–Trinajstić information content (AvgIpc) is 1.89. The number of hydrogen-bond acceptors (Lipinski definition) is 5. The third-order valence-electron chi connectivity index (χ3n) is 0.719. The van der Waals surface area contributed by atoms with Gasteiger partial charge in [0.05, 0.1) is 20.3 Å². The third-order valence-corrected chi connectivity index (χ3v) is 1.58. The normalized spacial score (nSPS) is 11.8. The summed E-state index contributed by atoms with van der Waals surface area (Å²) in [7, 11) is -1.29. The second kappa shape index (κ2) is 4.62. The van der Waals surface area contributed by atoms with E-state index in [1.807, 2.05) is 0 Å². The Morgan fingerprint density at radius 2 is 1.80 bits per heavy atom. The molecule has 0 aliphatic rings. The first-order valence-corrected chi connectivity index (χ1v) is 3.89. The second-order valence-electron chi connectivity index (χ2n) is 1.39. The van der Waals surface area contributed by atoms with Gasteiger partial charge in [0.25, 0.3) is 0 Å². The summed E-state index contributed by atoms with van der Waals surface area (Å²) in [4.78, 5) is 0. The van der Waals surface area contributed by atoms with Crippen molar-refractivity contribution in [3.8, 4) is 0 Å². The zero-order valence-corrected chi connectivity index (χ0v) is 6.68. The molecule has 0 aliphatic carbocycles. The maximum atomic E-state index is 10.4. The van der Waals surface area contributed by atoms with E-state index in [9.17, 15) is 8.42 Å². The standard InChI is InChI=1S/C4H10O5S/c1-7-3-4-9-10(5,6)8-2/h3-4H2,1-2H3. The highest BCUT2D eigenvalue weighted by atomic mass is 32.3. The van der Waals surface area contributed by atoms with Crippen LogP contribution in [-0.4, -0.2) is 35.9 Å². The van der Waals surface area contributed by atoms with E-state index in [-0.39, 0.29) is 13.2 Å². The van der Waals surface area contributed by atoms with Crippen LogP contribution >= 0.6 is 0 Å². The molecule has 0 N–H and O–H groups in total. The highest BCUT2D eigenvalue weighted by Crippen LogP contribution is 1.91. The van der Waals surface area contributed by atoms with E-state index in [1.165, 1.54) is 7.11 Å². The van der Waals surface area contributed by atoms with Gasteiger partial charge in [0.15, 0.2) is 0 Å². The largest absolute Gasteiger partial charge is 0.399 e. The molecule has 10 heavy (non-hydrogen) atoms. The lowest BCUT2D eigenvalue weighted by atomic mass is 10.8. The van der Waals surface area contributed by atoms with Crippen LogP contribution in [0.2, 0.25) is 0 Å². The first kappa shape index (κ1) is 9.83. The Labute approximate surface area is 60.2 Å². The van der Waals surface area contributed by atoms with Crippen molar-refractivity contribution in [3.63, 3.8) is 0 Å². The van der Waals surface area contributed by atoms with Gasteiger partial charge < -0.3 is 4.74 Å². The van der Waals surface area contributed by atoms with Crippen molar-refractivity contribution in [1.82, 2.24) is 0 Å². The molecule has 0 aromatic heterocycles. The lowest BCUT2D eigenvalue weighted by Crippen LogP contribution is -2.11. The zero-order chi connectivity index (χ0) is 8.04. The Morgan fingerprint density at radius 1 is 1.20 bits per heavy atom. The first-order valence-electron chi connectivity index (χ1n) is 2.56. The highest BCUT2D eigenvalue weighted by Gasteiger charge is 2.06. The first-order chi connectivity index (χ1) is 4.62. The van der Waals surface area contributed by atoms with E-state index in [4.69, 9.17) is 0 Å². The Kier molecular flexibility index (Phi) is 4.54. The molecule has 0 saturated carbocycles. The Bertz CT molecular complexity index is 160. The minimum Gasteiger partial charge on any atom is -0.382 e. The van der Waals surface area contributed by atoms with E-state index in [0.29, 0.717) is 0 Å². The highest BCUT2D eigenvalue weighted by molar-refractivity contribution is 7.81. The molecule has 0 amide bonds. The summed E-state index contributed by atoms with van der Waals surface area (Å²) < 4.78 is 33.5. The quantitative estimate of drug-likeness (QED) is 0.522. The lowest BCUT2D eigenvalue weighted by Gasteiger charge is -2.00. The van der Waals surface area contributed by atoms with Gasteiger partial charge in [-0.05, 0) is 0 Å². The van der Waals surface area contributed by atoms with Crippen molar-refractivity contribution < 1.29 is 21.5 Å². The SMILES string of the molecule is COCCOS(=O)(=O)OC. The predicted molar refractivity (Wildman–Crippen MR) is 33.8 cm³/mol. The maximum absolute atomic E-state index is 10.4. The van der Waals surface area contributed by atoms with E-state index in [2.05, 4.69) is 13.1 Å². The number of methoxy groups -OCH3 is 1. The summed E-state index contributed by atoms with van der Waals surface area (Å²) in [5.41, 5.74) is 0. The van der Waals surface area contributed by atoms with Gasteiger partial charge in [0, 0.05) is 7.11 Å². The minimum atomic E-state index is -3.77. The van der Waals surface area contributed by atoms with Crippen molar-refractivity contribution >= 4 is 10.4 Å². The molecule has 0 aromatic rings. The average molecular weight is 170 g/mol. The third kappa shape index (κ3) is 4.68. The van der Waals surface area contributed by atoms with Crippen LogP contribution < -0.4 is 0 Å². The van der Waals surface area contributed by atoms with E-state index in [1.54, 1.807) is 0 Å². The van der Waals surface area contributed by atoms with Crippen LogP contribution in [-0.2, 0) is 23.5 Å². The molecule has 0 saturated heterocycles. The fraction of sp³-hybridized carbons (Fsp3) is 1.00. The summed E-state index contributed by atoms with van der Waals surface area (Å²) in [5, 5.41) is 0. The van der Waals surface area contributed by atoms with Crippen molar-refractivity contribution in [2.24, 2.45) is 0 Å². The molecular weight excluding hydrogens is 160 g/mol. The molecule has 6 heteroatoms. The van der Waals surface area contributed by atoms with Gasteiger partial charge in [-0.1, -0.05) is 0 Å². The lowest BCUT2D eigenvalue weighted by molar-refractivity contribution is 0.137. The van der Waals surface area contributed by atoms with Gasteiger partial charge in [-0.2, -0.15) is 8.42 Å². The molecule has 0 fully saturated rings. The van der Waals surface area contributed by atoms with Crippen molar-refractivity contribution in [3.05, 3.63) is 0 Å². The van der Waals surface area contributed by atoms with Crippen LogP contribution in [0, 0.1) is 0 Å². The number of ether oxygens (including phenoxy) is 1. The molecule has 0 heterocycles. The monoisotopic (exact) mass is 170 g/mol. The molecular formula is C4H10O5S. The van der Waals surface area contributed by atoms with E-state index >= 15 is 0 Å². The fourth-order valence-corrected chi connectivity index (χ4v) is 0.636. The topological polar surface area (TPSA) is 61.8 Å². The van der Waals surface area contributed by atoms with Gasteiger partial charge in [0.2, 0.25) is 0 Å². The number of hydrogen-bond donors (Lipinski definition) is 0. The van der Waals surface area contributed by atoms with Gasteiger partial charge in [-0.25, -0.2) is 4.18 Å². The zero-order valence-electron chi connectivity index (χ0n) is 5.86. The van der Waals surface area contributed by atoms with E-state index in [0.717, 1.165) is 7.11 Å². The van der Waals surface area contributed by atoms with Crippen LogP contribution in [0.4, 0.5) is 0 Å². The Balaban J connectivity index is 3.49. The maximum Gasteiger partial charge on any atom is 0.399 e. The molecule has 0 atom stereocenters. The van der Waals surface area contributed by atoms with Crippen LogP contribution in [0.1, 0.15) is 0 Å². The Hall–Kier alpha value is -0.170. The fourth-order valence-electron chi connectivity index (χ4n) is 0.268. The Morgan fingerprint density at radius 3 is 2.20 bits per heavy atom. The van der Waals surface area contributed by atoms with Crippen LogP contribution in [0.3, 0.4) is 0 Å². The second-order valence-corrected chi connectivity index (χ2v) is 2.78. The molecule has 0 unspecified atom stereocenters. The van der Waals surface area contributed by atoms with E-state index < -0.39 is 10.4 Å². The van der Waals surface area contributed by atoms with Crippen LogP contribution in [0.25, 0.3) is 0 Å². The summed E-state index contributed by atoms with van der Waals surface area (Å²) in [6.45, 7) is 0.204. The van der Waals surface area contributed by atoms with Crippen molar-refractivity contribution in [2.45, 2.75) is 0 Å². The summed E-state index contributed by atoms with van der Waals surface area (Å²) in [5.74, 6) is 0. The van der Waals surface area contributed by atoms with Crippen molar-refractivity contribution in [2.75, 3.05) is 27.4 Å². The molecule has 0 radical (unpaired) electrons. The smallest absolute Gasteiger partial charge is 0.382 e. The summed E-state index contributed by atoms with van der Waals surface area (Å²) >= 11 is 0. The summed E-state index contributed by atoms with van der Waals surface area (Å²) in [6, 6.07) is 0. The van der Waals surface area contributed by atoms with Gasteiger partial charge >= 0.3 is 10.4 Å². The molecule has 0 aliphatic heterocycles.